The highest BCUT2D eigenvalue weighted by atomic mass is 16.5. The van der Waals surface area contributed by atoms with E-state index in [2.05, 4.69) is 5.32 Å². The molecule has 110 valence electrons. The van der Waals surface area contributed by atoms with E-state index in [0.29, 0.717) is 13.0 Å². The molecule has 1 fully saturated rings. The third kappa shape index (κ3) is 6.05. The van der Waals surface area contributed by atoms with Crippen molar-refractivity contribution in [2.24, 2.45) is 11.8 Å². The van der Waals surface area contributed by atoms with Crippen LogP contribution in [-0.2, 0) is 14.3 Å². The molecule has 1 rings (SSSR count). The number of carboxylic acid groups (broad SMARTS) is 1. The normalized spacial score (nSPS) is 23.9. The van der Waals surface area contributed by atoms with Crippen molar-refractivity contribution in [3.63, 3.8) is 0 Å². The standard InChI is InChI=1S/C14H25NO4/c1-14(2,3)19-9-12(16)15-8-10-6-4-5-7-11(10)13(17)18/h10-11H,4-9H2,1-3H3,(H,15,16)(H,17,18). The lowest BCUT2D eigenvalue weighted by atomic mass is 9.79. The van der Waals surface area contributed by atoms with Crippen LogP contribution in [-0.4, -0.2) is 35.7 Å². The molecular weight excluding hydrogens is 246 g/mol. The summed E-state index contributed by atoms with van der Waals surface area (Å²) in [4.78, 5) is 22.8. The molecular formula is C14H25NO4. The number of amides is 1. The van der Waals surface area contributed by atoms with Crippen LogP contribution in [0.4, 0.5) is 0 Å². The average Bonchev–Trinajstić information content (AvgIpc) is 2.33. The van der Waals surface area contributed by atoms with Gasteiger partial charge in [0.25, 0.3) is 0 Å². The largest absolute Gasteiger partial charge is 0.481 e. The summed E-state index contributed by atoms with van der Waals surface area (Å²) in [6.07, 6.45) is 3.60. The molecule has 0 aromatic carbocycles. The van der Waals surface area contributed by atoms with Gasteiger partial charge >= 0.3 is 5.97 Å². The molecule has 19 heavy (non-hydrogen) atoms. The highest BCUT2D eigenvalue weighted by molar-refractivity contribution is 5.77. The van der Waals surface area contributed by atoms with Crippen LogP contribution in [0, 0.1) is 11.8 Å². The summed E-state index contributed by atoms with van der Waals surface area (Å²) in [5, 5.41) is 11.9. The number of aliphatic carboxylic acids is 1. The van der Waals surface area contributed by atoms with Crippen molar-refractivity contribution < 1.29 is 19.4 Å². The molecule has 0 spiro atoms. The lowest BCUT2D eigenvalue weighted by Gasteiger charge is -2.28. The minimum Gasteiger partial charge on any atom is -0.481 e. The highest BCUT2D eigenvalue weighted by Gasteiger charge is 2.30. The Morgan fingerprint density at radius 3 is 2.47 bits per heavy atom. The van der Waals surface area contributed by atoms with Crippen LogP contribution in [0.1, 0.15) is 46.5 Å². The molecule has 5 nitrogen and oxygen atoms in total. The van der Waals surface area contributed by atoms with Crippen LogP contribution in [0.15, 0.2) is 0 Å². The summed E-state index contributed by atoms with van der Waals surface area (Å²) in [7, 11) is 0. The first kappa shape index (κ1) is 16.0. The Morgan fingerprint density at radius 2 is 1.89 bits per heavy atom. The molecule has 0 aromatic rings. The van der Waals surface area contributed by atoms with Crippen molar-refractivity contribution in [3.05, 3.63) is 0 Å². The van der Waals surface area contributed by atoms with E-state index in [-0.39, 0.29) is 30.0 Å². The number of hydrogen-bond donors (Lipinski definition) is 2. The number of carbonyl (C=O) groups is 2. The molecule has 0 bridgehead atoms. The molecule has 0 aromatic heterocycles. The number of carboxylic acids is 1. The van der Waals surface area contributed by atoms with Crippen molar-refractivity contribution in [1.82, 2.24) is 5.32 Å². The number of nitrogens with one attached hydrogen (secondary N) is 1. The third-order valence-corrected chi connectivity index (χ3v) is 3.42. The van der Waals surface area contributed by atoms with E-state index >= 15 is 0 Å². The maximum Gasteiger partial charge on any atom is 0.306 e. The van der Waals surface area contributed by atoms with Gasteiger partial charge in [-0.1, -0.05) is 12.8 Å². The summed E-state index contributed by atoms with van der Waals surface area (Å²) in [5.41, 5.74) is -0.341. The Balaban J connectivity index is 2.34. The summed E-state index contributed by atoms with van der Waals surface area (Å²) in [6, 6.07) is 0. The zero-order valence-electron chi connectivity index (χ0n) is 12.1. The van der Waals surface area contributed by atoms with Gasteiger partial charge in [-0.15, -0.1) is 0 Å². The van der Waals surface area contributed by atoms with E-state index in [4.69, 9.17) is 9.84 Å². The summed E-state index contributed by atoms with van der Waals surface area (Å²) in [5.74, 6) is -1.20. The molecule has 5 heteroatoms. The lowest BCUT2D eigenvalue weighted by Crippen LogP contribution is -2.39. The molecule has 2 N–H and O–H groups in total. The van der Waals surface area contributed by atoms with Gasteiger partial charge in [0.05, 0.1) is 11.5 Å². The number of carbonyl (C=O) groups excluding carboxylic acids is 1. The van der Waals surface area contributed by atoms with Crippen LogP contribution in [0.2, 0.25) is 0 Å². The fourth-order valence-electron chi connectivity index (χ4n) is 2.36. The molecule has 1 aliphatic rings. The highest BCUT2D eigenvalue weighted by Crippen LogP contribution is 2.29. The van der Waals surface area contributed by atoms with Gasteiger partial charge in [0.2, 0.25) is 5.91 Å². The Bertz CT molecular complexity index is 322. The zero-order valence-corrected chi connectivity index (χ0v) is 12.1. The predicted molar refractivity (Wildman–Crippen MR) is 71.8 cm³/mol. The molecule has 0 saturated heterocycles. The van der Waals surface area contributed by atoms with Crippen LogP contribution in [0.3, 0.4) is 0 Å². The van der Waals surface area contributed by atoms with E-state index in [0.717, 1.165) is 19.3 Å². The summed E-state index contributed by atoms with van der Waals surface area (Å²) < 4.78 is 5.38. The maximum atomic E-state index is 11.6. The molecule has 0 aliphatic heterocycles. The second kappa shape index (κ2) is 6.89. The topological polar surface area (TPSA) is 75.6 Å². The minimum absolute atomic E-state index is 0.0218. The van der Waals surface area contributed by atoms with Crippen LogP contribution >= 0.6 is 0 Å². The average molecular weight is 271 g/mol. The Morgan fingerprint density at radius 1 is 1.26 bits per heavy atom. The van der Waals surface area contributed by atoms with Crippen LogP contribution < -0.4 is 5.32 Å². The van der Waals surface area contributed by atoms with Crippen molar-refractivity contribution in [3.8, 4) is 0 Å². The Labute approximate surface area is 114 Å². The quantitative estimate of drug-likeness (QED) is 0.799. The zero-order chi connectivity index (χ0) is 14.5. The molecule has 1 amide bonds. The van der Waals surface area contributed by atoms with Gasteiger partial charge in [0.1, 0.15) is 6.61 Å². The van der Waals surface area contributed by atoms with E-state index < -0.39 is 5.97 Å². The number of rotatable bonds is 5. The van der Waals surface area contributed by atoms with E-state index in [9.17, 15) is 9.59 Å². The van der Waals surface area contributed by atoms with Crippen molar-refractivity contribution >= 4 is 11.9 Å². The summed E-state index contributed by atoms with van der Waals surface area (Å²) >= 11 is 0. The SMILES string of the molecule is CC(C)(C)OCC(=O)NCC1CCCCC1C(=O)O. The molecule has 0 heterocycles. The number of hydrogen-bond acceptors (Lipinski definition) is 3. The first-order valence-electron chi connectivity index (χ1n) is 6.93. The van der Waals surface area contributed by atoms with Gasteiger partial charge in [-0.3, -0.25) is 9.59 Å². The molecule has 0 radical (unpaired) electrons. The first-order valence-corrected chi connectivity index (χ1v) is 6.93. The minimum atomic E-state index is -0.745. The number of ether oxygens (including phenoxy) is 1. The summed E-state index contributed by atoms with van der Waals surface area (Å²) in [6.45, 7) is 6.13. The Kier molecular flexibility index (Phi) is 5.79. The lowest BCUT2D eigenvalue weighted by molar-refractivity contribution is -0.145. The van der Waals surface area contributed by atoms with Gasteiger partial charge in [0, 0.05) is 6.54 Å². The van der Waals surface area contributed by atoms with E-state index in [1.807, 2.05) is 20.8 Å². The van der Waals surface area contributed by atoms with E-state index in [1.165, 1.54) is 0 Å². The molecule has 1 saturated carbocycles. The fraction of sp³-hybridized carbons (Fsp3) is 0.857. The van der Waals surface area contributed by atoms with Crippen LogP contribution in [0.5, 0.6) is 0 Å². The fourth-order valence-corrected chi connectivity index (χ4v) is 2.36. The van der Waals surface area contributed by atoms with Gasteiger partial charge in [-0.2, -0.15) is 0 Å². The third-order valence-electron chi connectivity index (χ3n) is 3.42. The van der Waals surface area contributed by atoms with Crippen LogP contribution in [0.25, 0.3) is 0 Å². The second-order valence-corrected chi connectivity index (χ2v) is 6.19. The monoisotopic (exact) mass is 271 g/mol. The molecule has 2 atom stereocenters. The maximum absolute atomic E-state index is 11.6. The van der Waals surface area contributed by atoms with Crippen molar-refractivity contribution in [2.45, 2.75) is 52.1 Å². The smallest absolute Gasteiger partial charge is 0.306 e. The predicted octanol–water partition coefficient (Wildman–Crippen LogP) is 1.81. The van der Waals surface area contributed by atoms with Crippen molar-refractivity contribution in [2.75, 3.05) is 13.2 Å². The van der Waals surface area contributed by atoms with E-state index in [1.54, 1.807) is 0 Å². The van der Waals surface area contributed by atoms with Gasteiger partial charge < -0.3 is 15.2 Å². The van der Waals surface area contributed by atoms with Gasteiger partial charge in [0.15, 0.2) is 0 Å². The molecule has 2 unspecified atom stereocenters. The van der Waals surface area contributed by atoms with Crippen molar-refractivity contribution in [1.29, 1.82) is 0 Å². The van der Waals surface area contributed by atoms with Gasteiger partial charge in [-0.05, 0) is 39.5 Å². The second-order valence-electron chi connectivity index (χ2n) is 6.19. The van der Waals surface area contributed by atoms with Gasteiger partial charge in [-0.25, -0.2) is 0 Å². The Hall–Kier alpha value is -1.10. The first-order chi connectivity index (χ1) is 8.79. The molecule has 1 aliphatic carbocycles.